The van der Waals surface area contributed by atoms with Crippen molar-refractivity contribution in [3.63, 3.8) is 0 Å². The monoisotopic (exact) mass is 392 g/mol. The third kappa shape index (κ3) is 5.68. The van der Waals surface area contributed by atoms with Crippen LogP contribution in [0, 0.1) is 0 Å². The standard InChI is InChI=1S/C20H25FN2O3S/c1-27(24,25)22-18-7-5-6-17(16-18)20(21)10-12-23(13-11-20)14-15-26-19-8-3-2-4-9-19/h2-9,16,22H,10-15H2,1H3. The van der Waals surface area contributed by atoms with Crippen molar-refractivity contribution in [1.29, 1.82) is 0 Å². The molecule has 1 heterocycles. The van der Waals surface area contributed by atoms with Crippen LogP contribution in [0.4, 0.5) is 10.1 Å². The zero-order chi connectivity index (χ0) is 19.3. The van der Waals surface area contributed by atoms with Crippen LogP contribution < -0.4 is 9.46 Å². The van der Waals surface area contributed by atoms with Gasteiger partial charge >= 0.3 is 0 Å². The molecule has 1 aliphatic rings. The molecule has 0 aromatic heterocycles. The summed E-state index contributed by atoms with van der Waals surface area (Å²) in [5, 5.41) is 0. The molecule has 0 amide bonds. The molecule has 1 fully saturated rings. The summed E-state index contributed by atoms with van der Waals surface area (Å²) in [6, 6.07) is 16.3. The van der Waals surface area contributed by atoms with Gasteiger partial charge in [0.05, 0.1) is 6.26 Å². The molecule has 0 atom stereocenters. The SMILES string of the molecule is CS(=O)(=O)Nc1cccc(C2(F)CCN(CCOc3ccccc3)CC2)c1. The maximum atomic E-state index is 15.4. The number of piperidine rings is 1. The highest BCUT2D eigenvalue weighted by atomic mass is 32.2. The Balaban J connectivity index is 1.53. The highest BCUT2D eigenvalue weighted by molar-refractivity contribution is 7.92. The average Bonchev–Trinajstić information content (AvgIpc) is 2.63. The van der Waals surface area contributed by atoms with Crippen LogP contribution >= 0.6 is 0 Å². The first-order valence-corrected chi connectivity index (χ1v) is 10.9. The molecule has 1 aliphatic heterocycles. The molecule has 27 heavy (non-hydrogen) atoms. The van der Waals surface area contributed by atoms with Gasteiger partial charge in [-0.2, -0.15) is 0 Å². The summed E-state index contributed by atoms with van der Waals surface area (Å²) in [5.41, 5.74) is -0.520. The van der Waals surface area contributed by atoms with Gasteiger partial charge in [-0.05, 0) is 42.7 Å². The van der Waals surface area contributed by atoms with E-state index in [1.165, 1.54) is 0 Å². The van der Waals surface area contributed by atoms with E-state index in [0.29, 0.717) is 43.8 Å². The second kappa shape index (κ2) is 8.27. The molecule has 0 unspecified atom stereocenters. The summed E-state index contributed by atoms with van der Waals surface area (Å²) in [6.45, 7) is 2.59. The molecule has 7 heteroatoms. The van der Waals surface area contributed by atoms with Crippen molar-refractivity contribution >= 4 is 15.7 Å². The number of anilines is 1. The van der Waals surface area contributed by atoms with Crippen LogP contribution in [0.1, 0.15) is 18.4 Å². The normalized spacial score (nSPS) is 17.4. The van der Waals surface area contributed by atoms with E-state index in [1.54, 1.807) is 24.3 Å². The van der Waals surface area contributed by atoms with Crippen LogP contribution in [-0.4, -0.2) is 45.8 Å². The van der Waals surface area contributed by atoms with E-state index in [4.69, 9.17) is 4.74 Å². The largest absolute Gasteiger partial charge is 0.492 e. The van der Waals surface area contributed by atoms with Crippen LogP contribution in [0.2, 0.25) is 0 Å². The summed E-state index contributed by atoms with van der Waals surface area (Å²) in [5.74, 6) is 0.838. The van der Waals surface area contributed by atoms with Crippen molar-refractivity contribution in [2.24, 2.45) is 0 Å². The van der Waals surface area contributed by atoms with Gasteiger partial charge in [-0.15, -0.1) is 0 Å². The number of likely N-dealkylation sites (tertiary alicyclic amines) is 1. The quantitative estimate of drug-likeness (QED) is 0.785. The van der Waals surface area contributed by atoms with Gasteiger partial charge in [0, 0.05) is 25.3 Å². The van der Waals surface area contributed by atoms with Gasteiger partial charge in [0.25, 0.3) is 0 Å². The number of nitrogens with zero attached hydrogens (tertiary/aromatic N) is 1. The highest BCUT2D eigenvalue weighted by Gasteiger charge is 2.36. The Morgan fingerprint density at radius 3 is 2.48 bits per heavy atom. The van der Waals surface area contributed by atoms with Crippen molar-refractivity contribution in [2.45, 2.75) is 18.5 Å². The van der Waals surface area contributed by atoms with Crippen molar-refractivity contribution in [3.05, 3.63) is 60.2 Å². The molecule has 146 valence electrons. The fraction of sp³-hybridized carbons (Fsp3) is 0.400. The summed E-state index contributed by atoms with van der Waals surface area (Å²) in [7, 11) is -3.38. The third-order valence-electron chi connectivity index (χ3n) is 4.75. The van der Waals surface area contributed by atoms with Gasteiger partial charge in [0.15, 0.2) is 0 Å². The van der Waals surface area contributed by atoms with Gasteiger partial charge in [-0.25, -0.2) is 12.8 Å². The van der Waals surface area contributed by atoms with Crippen molar-refractivity contribution in [2.75, 3.05) is 37.2 Å². The van der Waals surface area contributed by atoms with E-state index in [2.05, 4.69) is 9.62 Å². The Bertz CT molecular complexity index is 851. The molecule has 0 radical (unpaired) electrons. The van der Waals surface area contributed by atoms with Gasteiger partial charge in [-0.1, -0.05) is 30.3 Å². The van der Waals surface area contributed by atoms with E-state index < -0.39 is 15.7 Å². The second-order valence-corrected chi connectivity index (χ2v) is 8.67. The molecular formula is C20H25FN2O3S. The number of halogens is 1. The first-order valence-electron chi connectivity index (χ1n) is 9.02. The molecule has 3 rings (SSSR count). The minimum atomic E-state index is -3.38. The summed E-state index contributed by atoms with van der Waals surface area (Å²) >= 11 is 0. The number of nitrogens with one attached hydrogen (secondary N) is 1. The fourth-order valence-electron chi connectivity index (χ4n) is 3.30. The average molecular weight is 392 g/mol. The second-order valence-electron chi connectivity index (χ2n) is 6.92. The van der Waals surface area contributed by atoms with Crippen LogP contribution in [-0.2, 0) is 15.7 Å². The number of para-hydroxylation sites is 1. The van der Waals surface area contributed by atoms with Crippen LogP contribution in [0.3, 0.4) is 0 Å². The van der Waals surface area contributed by atoms with Crippen LogP contribution in [0.25, 0.3) is 0 Å². The van der Waals surface area contributed by atoms with Crippen LogP contribution in [0.15, 0.2) is 54.6 Å². The molecular weight excluding hydrogens is 367 g/mol. The Hall–Kier alpha value is -2.12. The zero-order valence-electron chi connectivity index (χ0n) is 15.4. The molecule has 1 N–H and O–H groups in total. The van der Waals surface area contributed by atoms with Crippen molar-refractivity contribution in [1.82, 2.24) is 4.90 Å². The molecule has 2 aromatic rings. The third-order valence-corrected chi connectivity index (χ3v) is 5.36. The lowest BCUT2D eigenvalue weighted by atomic mass is 9.86. The maximum Gasteiger partial charge on any atom is 0.229 e. The first kappa shape index (κ1) is 19.6. The predicted molar refractivity (Wildman–Crippen MR) is 105 cm³/mol. The van der Waals surface area contributed by atoms with Crippen molar-refractivity contribution in [3.8, 4) is 5.75 Å². The molecule has 0 saturated carbocycles. The molecule has 5 nitrogen and oxygen atoms in total. The lowest BCUT2D eigenvalue weighted by molar-refractivity contribution is 0.0501. The van der Waals surface area contributed by atoms with E-state index in [9.17, 15) is 8.42 Å². The lowest BCUT2D eigenvalue weighted by Crippen LogP contribution is -2.41. The topological polar surface area (TPSA) is 58.6 Å². The summed E-state index contributed by atoms with van der Waals surface area (Å²) in [6.07, 6.45) is 1.84. The Labute approximate surface area is 160 Å². The molecule has 0 aliphatic carbocycles. The minimum Gasteiger partial charge on any atom is -0.492 e. The van der Waals surface area contributed by atoms with Crippen LogP contribution in [0.5, 0.6) is 5.75 Å². The van der Waals surface area contributed by atoms with Gasteiger partial charge in [0.2, 0.25) is 10.0 Å². The molecule has 1 saturated heterocycles. The molecule has 0 spiro atoms. The zero-order valence-corrected chi connectivity index (χ0v) is 16.2. The number of alkyl halides is 1. The van der Waals surface area contributed by atoms with Gasteiger partial charge < -0.3 is 4.74 Å². The van der Waals surface area contributed by atoms with Gasteiger partial charge in [-0.3, -0.25) is 9.62 Å². The summed E-state index contributed by atoms with van der Waals surface area (Å²) in [4.78, 5) is 2.19. The smallest absolute Gasteiger partial charge is 0.229 e. The van der Waals surface area contributed by atoms with E-state index >= 15 is 4.39 Å². The predicted octanol–water partition coefficient (Wildman–Crippen LogP) is 3.40. The lowest BCUT2D eigenvalue weighted by Gasteiger charge is -2.36. The summed E-state index contributed by atoms with van der Waals surface area (Å²) < 4.78 is 46.3. The first-order chi connectivity index (χ1) is 12.8. The number of hydrogen-bond donors (Lipinski definition) is 1. The molecule has 0 bridgehead atoms. The van der Waals surface area contributed by atoms with E-state index in [0.717, 1.165) is 18.6 Å². The Morgan fingerprint density at radius 2 is 1.81 bits per heavy atom. The maximum absolute atomic E-state index is 15.4. The number of benzene rings is 2. The Morgan fingerprint density at radius 1 is 1.11 bits per heavy atom. The number of sulfonamides is 1. The number of hydrogen-bond acceptors (Lipinski definition) is 4. The highest BCUT2D eigenvalue weighted by Crippen LogP contribution is 2.37. The minimum absolute atomic E-state index is 0.376. The number of ether oxygens (including phenoxy) is 1. The Kier molecular flexibility index (Phi) is 6.01. The number of rotatable bonds is 7. The fourth-order valence-corrected chi connectivity index (χ4v) is 3.86. The van der Waals surface area contributed by atoms with Crippen molar-refractivity contribution < 1.29 is 17.5 Å². The van der Waals surface area contributed by atoms with E-state index in [1.807, 2.05) is 30.3 Å². The molecule has 2 aromatic carbocycles. The van der Waals surface area contributed by atoms with Gasteiger partial charge in [0.1, 0.15) is 18.0 Å². The van der Waals surface area contributed by atoms with E-state index in [-0.39, 0.29) is 0 Å².